The molecule has 2 aromatic rings. The van der Waals surface area contributed by atoms with Crippen LogP contribution in [0.4, 0.5) is 4.39 Å². The summed E-state index contributed by atoms with van der Waals surface area (Å²) in [7, 11) is 0. The molecule has 0 bridgehead atoms. The van der Waals surface area contributed by atoms with Gasteiger partial charge >= 0.3 is 0 Å². The van der Waals surface area contributed by atoms with Gasteiger partial charge in [0.15, 0.2) is 0 Å². The second-order valence-corrected chi connectivity index (χ2v) is 5.26. The van der Waals surface area contributed by atoms with E-state index in [1.807, 2.05) is 0 Å². The molecular weight excluding hydrogens is 311 g/mol. The normalized spacial score (nSPS) is 13.5. The zero-order chi connectivity index (χ0) is 13.4. The number of amides is 1. The lowest BCUT2D eigenvalue weighted by molar-refractivity contribution is 0.0751. The molecule has 0 N–H and O–H groups in total. The van der Waals surface area contributed by atoms with E-state index in [1.54, 1.807) is 23.1 Å². The highest BCUT2D eigenvalue weighted by Crippen LogP contribution is 2.25. The van der Waals surface area contributed by atoms with Crippen LogP contribution in [0.5, 0.6) is 0 Å². The number of pyridine rings is 1. The van der Waals surface area contributed by atoms with Crippen molar-refractivity contribution >= 4 is 21.8 Å². The molecule has 1 aliphatic rings. The predicted octanol–water partition coefficient (Wildman–Crippen LogP) is 3.14. The smallest absolute Gasteiger partial charge is 0.256 e. The van der Waals surface area contributed by atoms with Gasteiger partial charge in [0, 0.05) is 19.3 Å². The van der Waals surface area contributed by atoms with Crippen molar-refractivity contribution in [2.45, 2.75) is 13.1 Å². The Balaban J connectivity index is 1.82. The van der Waals surface area contributed by atoms with Crippen molar-refractivity contribution in [3.63, 3.8) is 0 Å². The molecule has 1 amide bonds. The third-order valence-corrected chi connectivity index (χ3v) is 3.62. The molecule has 0 saturated heterocycles. The van der Waals surface area contributed by atoms with E-state index in [0.717, 1.165) is 11.1 Å². The van der Waals surface area contributed by atoms with Gasteiger partial charge in [-0.25, -0.2) is 9.37 Å². The topological polar surface area (TPSA) is 33.2 Å². The SMILES string of the molecule is O=C(c1ccc(Br)nc1)N1Cc2ccc(F)cc2C1. The van der Waals surface area contributed by atoms with Crippen LogP contribution in [0, 0.1) is 5.82 Å². The fraction of sp³-hybridized carbons (Fsp3) is 0.143. The third-order valence-electron chi connectivity index (χ3n) is 3.15. The maximum Gasteiger partial charge on any atom is 0.256 e. The summed E-state index contributed by atoms with van der Waals surface area (Å²) in [5.41, 5.74) is 2.41. The molecule has 0 unspecified atom stereocenters. The monoisotopic (exact) mass is 320 g/mol. The Kier molecular flexibility index (Phi) is 3.06. The van der Waals surface area contributed by atoms with Crippen molar-refractivity contribution in [1.29, 1.82) is 0 Å². The van der Waals surface area contributed by atoms with E-state index in [-0.39, 0.29) is 11.7 Å². The molecular formula is C14H10BrFN2O. The Morgan fingerprint density at radius 1 is 1.21 bits per heavy atom. The summed E-state index contributed by atoms with van der Waals surface area (Å²) in [5, 5.41) is 0. The number of rotatable bonds is 1. The minimum Gasteiger partial charge on any atom is -0.330 e. The Morgan fingerprint density at radius 2 is 2.00 bits per heavy atom. The van der Waals surface area contributed by atoms with Crippen LogP contribution in [-0.2, 0) is 13.1 Å². The number of carbonyl (C=O) groups is 1. The molecule has 0 aliphatic carbocycles. The van der Waals surface area contributed by atoms with Crippen LogP contribution in [0.2, 0.25) is 0 Å². The van der Waals surface area contributed by atoms with E-state index in [0.29, 0.717) is 23.3 Å². The second-order valence-electron chi connectivity index (χ2n) is 4.44. The Labute approximate surface area is 118 Å². The molecule has 5 heteroatoms. The van der Waals surface area contributed by atoms with Gasteiger partial charge in [0.25, 0.3) is 5.91 Å². The molecule has 19 heavy (non-hydrogen) atoms. The van der Waals surface area contributed by atoms with Gasteiger partial charge in [-0.2, -0.15) is 0 Å². The van der Waals surface area contributed by atoms with Gasteiger partial charge in [-0.05, 0) is 51.3 Å². The highest BCUT2D eigenvalue weighted by atomic mass is 79.9. The molecule has 0 atom stereocenters. The minimum absolute atomic E-state index is 0.0865. The van der Waals surface area contributed by atoms with Gasteiger partial charge in [-0.1, -0.05) is 6.07 Å². The first-order valence-electron chi connectivity index (χ1n) is 5.81. The summed E-state index contributed by atoms with van der Waals surface area (Å²) in [4.78, 5) is 18.0. The number of halogens is 2. The maximum atomic E-state index is 13.1. The fourth-order valence-electron chi connectivity index (χ4n) is 2.19. The molecule has 0 fully saturated rings. The van der Waals surface area contributed by atoms with Gasteiger partial charge in [0.2, 0.25) is 0 Å². The largest absolute Gasteiger partial charge is 0.330 e. The summed E-state index contributed by atoms with van der Waals surface area (Å²) < 4.78 is 13.8. The number of fused-ring (bicyclic) bond motifs is 1. The first-order chi connectivity index (χ1) is 9.13. The Bertz CT molecular complexity index is 642. The van der Waals surface area contributed by atoms with E-state index < -0.39 is 0 Å². The first-order valence-corrected chi connectivity index (χ1v) is 6.61. The highest BCUT2D eigenvalue weighted by Gasteiger charge is 2.24. The van der Waals surface area contributed by atoms with Crippen LogP contribution in [0.3, 0.4) is 0 Å². The summed E-state index contributed by atoms with van der Waals surface area (Å²) in [6.07, 6.45) is 1.54. The highest BCUT2D eigenvalue weighted by molar-refractivity contribution is 9.10. The van der Waals surface area contributed by atoms with Crippen LogP contribution in [-0.4, -0.2) is 15.8 Å². The molecule has 1 aromatic heterocycles. The van der Waals surface area contributed by atoms with Gasteiger partial charge in [0.05, 0.1) is 5.56 Å². The van der Waals surface area contributed by atoms with E-state index in [9.17, 15) is 9.18 Å². The maximum absolute atomic E-state index is 13.1. The number of hydrogen-bond donors (Lipinski definition) is 0. The predicted molar refractivity (Wildman–Crippen MR) is 71.9 cm³/mol. The van der Waals surface area contributed by atoms with Crippen LogP contribution in [0.1, 0.15) is 21.5 Å². The zero-order valence-corrected chi connectivity index (χ0v) is 11.5. The standard InChI is InChI=1S/C14H10BrFN2O/c15-13-4-2-9(6-17-13)14(19)18-7-10-1-3-12(16)5-11(10)8-18/h1-6H,7-8H2. The first kappa shape index (κ1) is 12.3. The average molecular weight is 321 g/mol. The van der Waals surface area contributed by atoms with Gasteiger partial charge < -0.3 is 4.90 Å². The zero-order valence-electron chi connectivity index (χ0n) is 9.94. The molecule has 1 aliphatic heterocycles. The fourth-order valence-corrected chi connectivity index (χ4v) is 2.43. The van der Waals surface area contributed by atoms with Crippen LogP contribution in [0.25, 0.3) is 0 Å². The van der Waals surface area contributed by atoms with Crippen molar-refractivity contribution in [1.82, 2.24) is 9.88 Å². The number of nitrogens with zero attached hydrogens (tertiary/aromatic N) is 2. The van der Waals surface area contributed by atoms with Crippen LogP contribution >= 0.6 is 15.9 Å². The van der Waals surface area contributed by atoms with Crippen molar-refractivity contribution in [2.24, 2.45) is 0 Å². The summed E-state index contributed by atoms with van der Waals surface area (Å²) >= 11 is 3.23. The van der Waals surface area contributed by atoms with E-state index in [4.69, 9.17) is 0 Å². The second kappa shape index (κ2) is 4.74. The number of benzene rings is 1. The van der Waals surface area contributed by atoms with Crippen LogP contribution in [0.15, 0.2) is 41.1 Å². The van der Waals surface area contributed by atoms with E-state index in [2.05, 4.69) is 20.9 Å². The van der Waals surface area contributed by atoms with Gasteiger partial charge in [0.1, 0.15) is 10.4 Å². The number of carbonyl (C=O) groups excluding carboxylic acids is 1. The number of hydrogen-bond acceptors (Lipinski definition) is 2. The Hall–Kier alpha value is -1.75. The van der Waals surface area contributed by atoms with Crippen molar-refractivity contribution in [2.75, 3.05) is 0 Å². The lowest BCUT2D eigenvalue weighted by Crippen LogP contribution is -2.25. The summed E-state index contributed by atoms with van der Waals surface area (Å²) in [6, 6.07) is 8.10. The van der Waals surface area contributed by atoms with Crippen molar-refractivity contribution in [3.8, 4) is 0 Å². The van der Waals surface area contributed by atoms with E-state index in [1.165, 1.54) is 18.3 Å². The summed E-state index contributed by atoms with van der Waals surface area (Å²) in [6.45, 7) is 0.965. The number of aromatic nitrogens is 1. The van der Waals surface area contributed by atoms with Crippen molar-refractivity contribution in [3.05, 3.63) is 63.6 Å². The molecule has 2 heterocycles. The Morgan fingerprint density at radius 3 is 2.74 bits per heavy atom. The van der Waals surface area contributed by atoms with Crippen molar-refractivity contribution < 1.29 is 9.18 Å². The molecule has 3 rings (SSSR count). The summed E-state index contributed by atoms with van der Waals surface area (Å²) in [5.74, 6) is -0.352. The minimum atomic E-state index is -0.265. The molecule has 0 saturated carbocycles. The van der Waals surface area contributed by atoms with E-state index >= 15 is 0 Å². The van der Waals surface area contributed by atoms with Crippen LogP contribution < -0.4 is 0 Å². The van der Waals surface area contributed by atoms with Gasteiger partial charge in [-0.15, -0.1) is 0 Å². The quantitative estimate of drug-likeness (QED) is 0.756. The average Bonchev–Trinajstić information content (AvgIpc) is 2.81. The molecule has 3 nitrogen and oxygen atoms in total. The lowest BCUT2D eigenvalue weighted by atomic mass is 10.1. The molecule has 0 radical (unpaired) electrons. The molecule has 96 valence electrons. The molecule has 0 spiro atoms. The third kappa shape index (κ3) is 2.38. The molecule has 1 aromatic carbocycles. The van der Waals surface area contributed by atoms with Gasteiger partial charge in [-0.3, -0.25) is 4.79 Å². The lowest BCUT2D eigenvalue weighted by Gasteiger charge is -2.15.